The fraction of sp³-hybridized carbons (Fsp3) is 0.133. The van der Waals surface area contributed by atoms with Gasteiger partial charge in [-0.25, -0.2) is 0 Å². The quantitative estimate of drug-likeness (QED) is 0.757. The Hall–Kier alpha value is -1.71. The Balaban J connectivity index is 2.18. The molecule has 18 heavy (non-hydrogen) atoms. The fourth-order valence-electron chi connectivity index (χ4n) is 2.16. The lowest BCUT2D eigenvalue weighted by molar-refractivity contribution is 0.225. The van der Waals surface area contributed by atoms with Crippen LogP contribution in [0.4, 0.5) is 0 Å². The number of nitrogens with zero attached hydrogens (tertiary/aromatic N) is 1. The van der Waals surface area contributed by atoms with Crippen molar-refractivity contribution in [2.75, 3.05) is 0 Å². The smallest absolute Gasteiger partial charge is 0.114 e. The van der Waals surface area contributed by atoms with Crippen molar-refractivity contribution in [1.82, 2.24) is 4.98 Å². The number of aryl methyl sites for hydroxylation is 1. The highest BCUT2D eigenvalue weighted by Crippen LogP contribution is 2.32. The lowest BCUT2D eigenvalue weighted by Gasteiger charge is -2.13. The Morgan fingerprint density at radius 3 is 2.78 bits per heavy atom. The van der Waals surface area contributed by atoms with Crippen LogP contribution >= 0.6 is 11.3 Å². The maximum Gasteiger partial charge on any atom is 0.114 e. The van der Waals surface area contributed by atoms with Crippen LogP contribution in [0.2, 0.25) is 0 Å². The molecule has 3 heteroatoms. The molecule has 0 radical (unpaired) electrons. The van der Waals surface area contributed by atoms with E-state index in [4.69, 9.17) is 0 Å². The van der Waals surface area contributed by atoms with Gasteiger partial charge in [0.05, 0.1) is 5.52 Å². The van der Waals surface area contributed by atoms with Gasteiger partial charge < -0.3 is 5.11 Å². The van der Waals surface area contributed by atoms with Crippen LogP contribution < -0.4 is 0 Å². The number of fused-ring (bicyclic) bond motifs is 1. The average Bonchev–Trinajstić information content (AvgIpc) is 2.83. The van der Waals surface area contributed by atoms with E-state index in [2.05, 4.69) is 4.98 Å². The van der Waals surface area contributed by atoms with Gasteiger partial charge >= 0.3 is 0 Å². The van der Waals surface area contributed by atoms with Crippen molar-refractivity contribution < 1.29 is 5.11 Å². The molecule has 2 heterocycles. The first kappa shape index (κ1) is 11.4. The van der Waals surface area contributed by atoms with Crippen LogP contribution in [0, 0.1) is 6.92 Å². The third-order valence-corrected chi connectivity index (χ3v) is 4.20. The molecule has 0 spiro atoms. The Kier molecular flexibility index (Phi) is 2.86. The van der Waals surface area contributed by atoms with E-state index in [1.165, 1.54) is 0 Å². The molecule has 3 aromatic rings. The second-order valence-electron chi connectivity index (χ2n) is 4.29. The maximum absolute atomic E-state index is 10.5. The van der Waals surface area contributed by atoms with Gasteiger partial charge in [-0.3, -0.25) is 4.98 Å². The molecule has 0 fully saturated rings. The van der Waals surface area contributed by atoms with Gasteiger partial charge in [-0.15, -0.1) is 11.3 Å². The Morgan fingerprint density at radius 2 is 2.00 bits per heavy atom. The number of pyridine rings is 1. The molecular weight excluding hydrogens is 242 g/mol. The van der Waals surface area contributed by atoms with E-state index in [1.807, 2.05) is 48.7 Å². The van der Waals surface area contributed by atoms with E-state index in [-0.39, 0.29) is 0 Å². The molecule has 1 aromatic carbocycles. The molecular formula is C15H13NOS. The molecule has 0 aliphatic heterocycles. The minimum absolute atomic E-state index is 0.571. The van der Waals surface area contributed by atoms with E-state index in [1.54, 1.807) is 17.5 Å². The third-order valence-electron chi connectivity index (χ3n) is 3.13. The van der Waals surface area contributed by atoms with Gasteiger partial charge in [-0.1, -0.05) is 18.2 Å². The topological polar surface area (TPSA) is 33.1 Å². The summed E-state index contributed by atoms with van der Waals surface area (Å²) in [5, 5.41) is 13.6. The Bertz CT molecular complexity index is 684. The van der Waals surface area contributed by atoms with Crippen LogP contribution in [0.25, 0.3) is 10.9 Å². The highest BCUT2D eigenvalue weighted by Gasteiger charge is 2.16. The number of thiophene rings is 1. The van der Waals surface area contributed by atoms with Gasteiger partial charge in [0.15, 0.2) is 0 Å². The number of benzene rings is 1. The second-order valence-corrected chi connectivity index (χ2v) is 5.24. The van der Waals surface area contributed by atoms with Gasteiger partial charge in [0.1, 0.15) is 6.10 Å². The number of aliphatic hydroxyl groups excluding tert-OH is 1. The first-order chi connectivity index (χ1) is 8.77. The molecule has 1 unspecified atom stereocenters. The number of rotatable bonds is 2. The highest BCUT2D eigenvalue weighted by atomic mass is 32.1. The molecule has 0 saturated heterocycles. The van der Waals surface area contributed by atoms with Crippen LogP contribution in [0.1, 0.15) is 22.1 Å². The van der Waals surface area contributed by atoms with Crippen LogP contribution in [-0.4, -0.2) is 10.1 Å². The summed E-state index contributed by atoms with van der Waals surface area (Å²) in [6.07, 6.45) is 1.18. The van der Waals surface area contributed by atoms with Crippen molar-refractivity contribution in [3.05, 3.63) is 64.0 Å². The van der Waals surface area contributed by atoms with Crippen molar-refractivity contribution in [2.24, 2.45) is 0 Å². The molecule has 1 N–H and O–H groups in total. The molecule has 0 bridgehead atoms. The fourth-order valence-corrected chi connectivity index (χ4v) is 3.09. The number of aliphatic hydroxyl groups is 1. The van der Waals surface area contributed by atoms with Crippen LogP contribution in [-0.2, 0) is 0 Å². The molecule has 0 aliphatic carbocycles. The predicted octanol–water partition coefficient (Wildman–Crippen LogP) is 3.69. The van der Waals surface area contributed by atoms with Crippen LogP contribution in [0.5, 0.6) is 0 Å². The van der Waals surface area contributed by atoms with Crippen LogP contribution in [0.3, 0.4) is 0 Å². The summed E-state index contributed by atoms with van der Waals surface area (Å²) in [6.45, 7) is 2.03. The molecule has 0 amide bonds. The van der Waals surface area contributed by atoms with Gasteiger partial charge in [0.2, 0.25) is 0 Å². The lowest BCUT2D eigenvalue weighted by Crippen LogP contribution is -2.00. The Labute approximate surface area is 110 Å². The van der Waals surface area contributed by atoms with E-state index < -0.39 is 6.10 Å². The van der Waals surface area contributed by atoms with Gasteiger partial charge in [-0.2, -0.15) is 0 Å². The standard InChI is InChI=1S/C15H13NOS/c1-10-7-9-18-15(10)14(17)12-6-8-16-13-5-3-2-4-11(12)13/h2-9,14,17H,1H3. The van der Waals surface area contributed by atoms with Crippen molar-refractivity contribution in [3.63, 3.8) is 0 Å². The van der Waals surface area contributed by atoms with E-state index in [0.29, 0.717) is 0 Å². The summed E-state index contributed by atoms with van der Waals surface area (Å²) in [7, 11) is 0. The highest BCUT2D eigenvalue weighted by molar-refractivity contribution is 7.10. The SMILES string of the molecule is Cc1ccsc1C(O)c1ccnc2ccccc12. The molecule has 2 nitrogen and oxygen atoms in total. The summed E-state index contributed by atoms with van der Waals surface area (Å²) in [5.41, 5.74) is 2.97. The number of aromatic nitrogens is 1. The van der Waals surface area contributed by atoms with E-state index >= 15 is 0 Å². The van der Waals surface area contributed by atoms with Gasteiger partial charge in [-0.05, 0) is 41.6 Å². The molecule has 3 rings (SSSR count). The van der Waals surface area contributed by atoms with Crippen LogP contribution in [0.15, 0.2) is 48.0 Å². The minimum Gasteiger partial charge on any atom is -0.383 e. The zero-order valence-electron chi connectivity index (χ0n) is 10.00. The van der Waals surface area contributed by atoms with Gasteiger partial charge in [0, 0.05) is 16.5 Å². The van der Waals surface area contributed by atoms with E-state index in [9.17, 15) is 5.11 Å². The molecule has 0 aliphatic rings. The zero-order valence-corrected chi connectivity index (χ0v) is 10.8. The summed E-state index contributed by atoms with van der Waals surface area (Å²) in [5.74, 6) is 0. The summed E-state index contributed by atoms with van der Waals surface area (Å²) < 4.78 is 0. The molecule has 90 valence electrons. The first-order valence-corrected chi connectivity index (χ1v) is 6.71. The third kappa shape index (κ3) is 1.82. The maximum atomic E-state index is 10.5. The van der Waals surface area contributed by atoms with E-state index in [0.717, 1.165) is 26.9 Å². The lowest BCUT2D eigenvalue weighted by atomic mass is 10.0. The van der Waals surface area contributed by atoms with Crippen molar-refractivity contribution in [1.29, 1.82) is 0 Å². The predicted molar refractivity (Wildman–Crippen MR) is 74.9 cm³/mol. The molecule has 2 aromatic heterocycles. The first-order valence-electron chi connectivity index (χ1n) is 5.83. The zero-order chi connectivity index (χ0) is 12.5. The summed E-state index contributed by atoms with van der Waals surface area (Å²) in [4.78, 5) is 5.33. The average molecular weight is 255 g/mol. The minimum atomic E-state index is -0.571. The molecule has 0 saturated carbocycles. The second kappa shape index (κ2) is 4.52. The summed E-state index contributed by atoms with van der Waals surface area (Å²) >= 11 is 1.59. The van der Waals surface area contributed by atoms with Crippen molar-refractivity contribution in [3.8, 4) is 0 Å². The summed E-state index contributed by atoms with van der Waals surface area (Å²) in [6, 6.07) is 11.8. The molecule has 1 atom stereocenters. The number of hydrogen-bond acceptors (Lipinski definition) is 3. The monoisotopic (exact) mass is 255 g/mol. The number of hydrogen-bond donors (Lipinski definition) is 1. The normalized spacial score (nSPS) is 12.8. The van der Waals surface area contributed by atoms with Crippen molar-refractivity contribution >= 4 is 22.2 Å². The number of para-hydroxylation sites is 1. The van der Waals surface area contributed by atoms with Gasteiger partial charge in [0.25, 0.3) is 0 Å². The largest absolute Gasteiger partial charge is 0.383 e. The Morgan fingerprint density at radius 1 is 1.17 bits per heavy atom. The van der Waals surface area contributed by atoms with Crippen molar-refractivity contribution in [2.45, 2.75) is 13.0 Å².